The zero-order valence-corrected chi connectivity index (χ0v) is 15.3. The predicted octanol–water partition coefficient (Wildman–Crippen LogP) is 1.55. The molecule has 0 spiro atoms. The average molecular weight is 353 g/mol. The number of carbonyl (C=O) groups is 1. The Hall–Kier alpha value is -1.92. The summed E-state index contributed by atoms with van der Waals surface area (Å²) in [6, 6.07) is 7.09. The number of carbonyl (C=O) groups excluding carboxylic acids is 1. The summed E-state index contributed by atoms with van der Waals surface area (Å²) in [6.45, 7) is 7.14. The minimum atomic E-state index is 0.293. The molecule has 1 saturated heterocycles. The highest BCUT2D eigenvalue weighted by atomic mass is 16.2. The van der Waals surface area contributed by atoms with Crippen molar-refractivity contribution < 1.29 is 4.79 Å². The van der Waals surface area contributed by atoms with E-state index >= 15 is 0 Å². The minimum Gasteiger partial charge on any atom is -0.341 e. The molecule has 0 atom stereocenters. The Morgan fingerprint density at radius 2 is 1.96 bits per heavy atom. The summed E-state index contributed by atoms with van der Waals surface area (Å²) in [5.41, 5.74) is 3.54. The number of rotatable bonds is 3. The van der Waals surface area contributed by atoms with E-state index in [2.05, 4.69) is 36.4 Å². The molecule has 2 fully saturated rings. The Morgan fingerprint density at radius 1 is 1.12 bits per heavy atom. The van der Waals surface area contributed by atoms with Crippen LogP contribution < -0.4 is 0 Å². The molecule has 138 valence electrons. The van der Waals surface area contributed by atoms with Gasteiger partial charge in [-0.1, -0.05) is 6.42 Å². The summed E-state index contributed by atoms with van der Waals surface area (Å²) in [5, 5.41) is 0. The molecule has 2 aromatic rings. The number of fused-ring (bicyclic) bond motifs is 3. The Kier molecular flexibility index (Phi) is 4.17. The van der Waals surface area contributed by atoms with Gasteiger partial charge in [0.15, 0.2) is 0 Å². The van der Waals surface area contributed by atoms with Gasteiger partial charge in [-0.3, -0.25) is 19.6 Å². The van der Waals surface area contributed by atoms with E-state index < -0.39 is 0 Å². The first-order valence-electron chi connectivity index (χ1n) is 9.95. The molecule has 1 aliphatic carbocycles. The lowest BCUT2D eigenvalue weighted by Crippen LogP contribution is -2.55. The van der Waals surface area contributed by atoms with Gasteiger partial charge in [0.1, 0.15) is 0 Å². The van der Waals surface area contributed by atoms with E-state index in [4.69, 9.17) is 0 Å². The first-order chi connectivity index (χ1) is 12.8. The van der Waals surface area contributed by atoms with Crippen LogP contribution in [0, 0.1) is 0 Å². The first-order valence-corrected chi connectivity index (χ1v) is 9.95. The fraction of sp³-hybridized carbons (Fsp3) is 0.600. The zero-order valence-electron chi connectivity index (χ0n) is 15.3. The zero-order chi connectivity index (χ0) is 17.5. The van der Waals surface area contributed by atoms with Gasteiger partial charge in [0, 0.05) is 63.7 Å². The Bertz CT molecular complexity index is 804. The van der Waals surface area contributed by atoms with E-state index in [0.717, 1.165) is 57.4 Å². The van der Waals surface area contributed by atoms with Gasteiger partial charge in [-0.2, -0.15) is 0 Å². The number of hydrogen-bond donors (Lipinski definition) is 0. The van der Waals surface area contributed by atoms with Crippen LogP contribution in [0.4, 0.5) is 0 Å². The van der Waals surface area contributed by atoms with Crippen LogP contribution in [-0.2, 0) is 17.9 Å². The lowest BCUT2D eigenvalue weighted by atomic mass is 9.91. The molecule has 6 nitrogen and oxygen atoms in total. The molecule has 3 aliphatic rings. The van der Waals surface area contributed by atoms with Gasteiger partial charge >= 0.3 is 0 Å². The minimum absolute atomic E-state index is 0.293. The number of amides is 1. The summed E-state index contributed by atoms with van der Waals surface area (Å²) < 4.78 is 2.35. The number of aromatic nitrogens is 2. The van der Waals surface area contributed by atoms with Crippen molar-refractivity contribution in [1.29, 1.82) is 0 Å². The van der Waals surface area contributed by atoms with Gasteiger partial charge in [0.25, 0.3) is 0 Å². The molecular weight excluding hydrogens is 326 g/mol. The van der Waals surface area contributed by atoms with E-state index in [-0.39, 0.29) is 0 Å². The summed E-state index contributed by atoms with van der Waals surface area (Å²) in [6.07, 6.45) is 5.93. The fourth-order valence-electron chi connectivity index (χ4n) is 4.60. The number of pyridine rings is 1. The number of hydrogen-bond acceptors (Lipinski definition) is 4. The molecule has 6 heteroatoms. The Balaban J connectivity index is 1.19. The van der Waals surface area contributed by atoms with Crippen LogP contribution in [0.2, 0.25) is 0 Å². The second-order valence-corrected chi connectivity index (χ2v) is 7.91. The summed E-state index contributed by atoms with van der Waals surface area (Å²) in [5.74, 6) is 0.293. The Morgan fingerprint density at radius 3 is 2.73 bits per heavy atom. The molecule has 0 bridgehead atoms. The van der Waals surface area contributed by atoms with Crippen molar-refractivity contribution in [3.05, 3.63) is 30.1 Å². The smallest absolute Gasteiger partial charge is 0.236 e. The molecule has 2 aliphatic heterocycles. The fourth-order valence-corrected chi connectivity index (χ4v) is 4.60. The van der Waals surface area contributed by atoms with Gasteiger partial charge in [-0.15, -0.1) is 0 Å². The van der Waals surface area contributed by atoms with Crippen molar-refractivity contribution >= 4 is 16.9 Å². The van der Waals surface area contributed by atoms with Gasteiger partial charge < -0.3 is 9.47 Å². The maximum absolute atomic E-state index is 12.8. The average Bonchev–Trinajstić information content (AvgIpc) is 2.98. The first kappa shape index (κ1) is 16.3. The lowest BCUT2D eigenvalue weighted by molar-refractivity contribution is -0.135. The summed E-state index contributed by atoms with van der Waals surface area (Å²) in [4.78, 5) is 24.2. The highest BCUT2D eigenvalue weighted by molar-refractivity contribution is 5.79. The van der Waals surface area contributed by atoms with E-state index in [0.29, 0.717) is 12.5 Å². The third kappa shape index (κ3) is 2.91. The molecule has 0 unspecified atom stereocenters. The van der Waals surface area contributed by atoms with Crippen molar-refractivity contribution in [2.24, 2.45) is 0 Å². The van der Waals surface area contributed by atoms with Crippen LogP contribution in [0.15, 0.2) is 24.4 Å². The second-order valence-electron chi connectivity index (χ2n) is 7.91. The molecule has 1 amide bonds. The topological polar surface area (TPSA) is 44.6 Å². The maximum Gasteiger partial charge on any atom is 0.236 e. The van der Waals surface area contributed by atoms with Crippen molar-refractivity contribution in [1.82, 2.24) is 24.3 Å². The van der Waals surface area contributed by atoms with E-state index in [1.54, 1.807) is 0 Å². The van der Waals surface area contributed by atoms with Gasteiger partial charge in [0.2, 0.25) is 5.91 Å². The monoisotopic (exact) mass is 353 g/mol. The highest BCUT2D eigenvalue weighted by Crippen LogP contribution is 2.26. The molecule has 0 N–H and O–H groups in total. The van der Waals surface area contributed by atoms with Crippen molar-refractivity contribution in [2.75, 3.05) is 39.3 Å². The lowest BCUT2D eigenvalue weighted by Gasteiger charge is -2.43. The van der Waals surface area contributed by atoms with Crippen molar-refractivity contribution in [3.8, 4) is 0 Å². The maximum atomic E-state index is 12.8. The van der Waals surface area contributed by atoms with E-state index in [1.807, 2.05) is 12.3 Å². The third-order valence-electron chi connectivity index (χ3n) is 6.40. The highest BCUT2D eigenvalue weighted by Gasteiger charge is 2.30. The molecule has 0 aromatic carbocycles. The van der Waals surface area contributed by atoms with Gasteiger partial charge in [0.05, 0.1) is 17.6 Å². The predicted molar refractivity (Wildman–Crippen MR) is 101 cm³/mol. The van der Waals surface area contributed by atoms with E-state index in [1.165, 1.54) is 30.5 Å². The molecule has 4 heterocycles. The van der Waals surface area contributed by atoms with Crippen LogP contribution in [0.25, 0.3) is 11.0 Å². The third-order valence-corrected chi connectivity index (χ3v) is 6.40. The van der Waals surface area contributed by atoms with Crippen molar-refractivity contribution in [2.45, 2.75) is 38.4 Å². The number of piperazine rings is 1. The van der Waals surface area contributed by atoms with Crippen molar-refractivity contribution in [3.63, 3.8) is 0 Å². The molecule has 5 rings (SSSR count). The van der Waals surface area contributed by atoms with Gasteiger partial charge in [-0.25, -0.2) is 0 Å². The summed E-state index contributed by atoms with van der Waals surface area (Å²) >= 11 is 0. The largest absolute Gasteiger partial charge is 0.341 e. The summed E-state index contributed by atoms with van der Waals surface area (Å²) in [7, 11) is 0. The van der Waals surface area contributed by atoms with Crippen LogP contribution in [0.3, 0.4) is 0 Å². The standard InChI is InChI=1S/C20H27N5O/c26-20(24-10-8-23(9-11-24)16-3-1-4-16)15-22-7-12-25-17(14-22)13-18-19(25)5-2-6-21-18/h2,5-6,13,16H,1,3-4,7-12,14-15H2. The molecule has 0 radical (unpaired) electrons. The van der Waals surface area contributed by atoms with Gasteiger partial charge in [-0.05, 0) is 31.0 Å². The number of nitrogens with zero attached hydrogens (tertiary/aromatic N) is 5. The molecule has 2 aromatic heterocycles. The van der Waals surface area contributed by atoms with E-state index in [9.17, 15) is 4.79 Å². The van der Waals surface area contributed by atoms with Crippen LogP contribution in [0.1, 0.15) is 25.0 Å². The molecule has 26 heavy (non-hydrogen) atoms. The molecule has 1 saturated carbocycles. The second kappa shape index (κ2) is 6.67. The SMILES string of the molecule is O=C(CN1CCn2c(cc3ncccc32)C1)N1CCN(C2CCC2)CC1. The quantitative estimate of drug-likeness (QED) is 0.840. The normalized spacial score (nSPS) is 22.4. The van der Waals surface area contributed by atoms with Crippen LogP contribution >= 0.6 is 0 Å². The van der Waals surface area contributed by atoms with Crippen LogP contribution in [-0.4, -0.2) is 75.5 Å². The molecular formula is C20H27N5O. The Labute approximate surface area is 154 Å². The van der Waals surface area contributed by atoms with Crippen LogP contribution in [0.5, 0.6) is 0 Å².